The zero-order chi connectivity index (χ0) is 11.0. The Labute approximate surface area is 90.3 Å². The molecule has 2 heterocycles. The molecule has 0 spiro atoms. The fourth-order valence-corrected chi connectivity index (χ4v) is 1.71. The van der Waals surface area contributed by atoms with Crippen LogP contribution in [0, 0.1) is 0 Å². The summed E-state index contributed by atoms with van der Waals surface area (Å²) in [5, 5.41) is 1.16. The van der Waals surface area contributed by atoms with Gasteiger partial charge in [0.25, 0.3) is 0 Å². The molecule has 2 rings (SSSR count). The first kappa shape index (κ1) is 10.2. The van der Waals surface area contributed by atoms with Crippen LogP contribution in [0.3, 0.4) is 0 Å². The van der Waals surface area contributed by atoms with Gasteiger partial charge in [-0.05, 0) is 24.0 Å². The van der Waals surface area contributed by atoms with Crippen LogP contribution in [0.15, 0.2) is 22.8 Å². The van der Waals surface area contributed by atoms with Crippen molar-refractivity contribution in [2.45, 2.75) is 39.5 Å². The van der Waals surface area contributed by atoms with E-state index in [9.17, 15) is 0 Å². The summed E-state index contributed by atoms with van der Waals surface area (Å²) in [6, 6.07) is 4.13. The number of pyridine rings is 1. The minimum Gasteiger partial charge on any atom is -0.462 e. The van der Waals surface area contributed by atoms with Crippen molar-refractivity contribution in [3.8, 4) is 0 Å². The van der Waals surface area contributed by atoms with Crippen LogP contribution < -0.4 is 0 Å². The number of hydrogen-bond donors (Lipinski definition) is 0. The summed E-state index contributed by atoms with van der Waals surface area (Å²) in [4.78, 5) is 4.68. The molecular formula is C13H17NO. The zero-order valence-corrected chi connectivity index (χ0v) is 9.74. The first-order valence-electron chi connectivity index (χ1n) is 5.47. The minimum atomic E-state index is 0.400. The van der Waals surface area contributed by atoms with Crippen LogP contribution in [0.1, 0.15) is 50.9 Å². The van der Waals surface area contributed by atoms with Gasteiger partial charge >= 0.3 is 0 Å². The zero-order valence-electron chi connectivity index (χ0n) is 9.74. The van der Waals surface area contributed by atoms with Crippen molar-refractivity contribution in [3.63, 3.8) is 0 Å². The van der Waals surface area contributed by atoms with Crippen molar-refractivity contribution in [1.29, 1.82) is 0 Å². The van der Waals surface area contributed by atoms with E-state index >= 15 is 0 Å². The molecule has 80 valence electrons. The van der Waals surface area contributed by atoms with Gasteiger partial charge in [-0.25, -0.2) is 0 Å². The third-order valence-corrected chi connectivity index (χ3v) is 2.62. The van der Waals surface area contributed by atoms with E-state index in [-0.39, 0.29) is 0 Å². The topological polar surface area (TPSA) is 26.0 Å². The summed E-state index contributed by atoms with van der Waals surface area (Å²) in [6.45, 7) is 8.62. The summed E-state index contributed by atoms with van der Waals surface area (Å²) in [5.74, 6) is 0.860. The molecule has 0 aromatic carbocycles. The van der Waals surface area contributed by atoms with Gasteiger partial charge in [-0.1, -0.05) is 27.7 Å². The Bertz CT molecular complexity index is 468. The largest absolute Gasteiger partial charge is 0.462 e. The summed E-state index contributed by atoms with van der Waals surface area (Å²) in [7, 11) is 0. The van der Waals surface area contributed by atoms with Crippen LogP contribution in [0.25, 0.3) is 11.0 Å². The monoisotopic (exact) mass is 203 g/mol. The molecule has 0 bridgehead atoms. The molecule has 2 aromatic heterocycles. The average Bonchev–Trinajstić information content (AvgIpc) is 2.62. The highest BCUT2D eigenvalue weighted by molar-refractivity contribution is 5.80. The van der Waals surface area contributed by atoms with Crippen LogP contribution in [-0.2, 0) is 0 Å². The van der Waals surface area contributed by atoms with Gasteiger partial charge in [0.05, 0.1) is 12.0 Å². The summed E-state index contributed by atoms with van der Waals surface area (Å²) < 4.78 is 5.48. The van der Waals surface area contributed by atoms with E-state index < -0.39 is 0 Å². The molecule has 0 atom stereocenters. The maximum Gasteiger partial charge on any atom is 0.155 e. The number of rotatable bonds is 2. The Morgan fingerprint density at radius 2 is 1.87 bits per heavy atom. The molecule has 0 aliphatic heterocycles. The number of nitrogens with zero attached hydrogens (tertiary/aromatic N) is 1. The van der Waals surface area contributed by atoms with E-state index in [1.54, 1.807) is 6.26 Å². The molecule has 0 saturated heterocycles. The minimum absolute atomic E-state index is 0.400. The molecule has 15 heavy (non-hydrogen) atoms. The van der Waals surface area contributed by atoms with Gasteiger partial charge in [-0.15, -0.1) is 0 Å². The first-order chi connectivity index (χ1) is 7.09. The lowest BCUT2D eigenvalue weighted by atomic mass is 10.0. The molecule has 0 aliphatic rings. The lowest BCUT2D eigenvalue weighted by molar-refractivity contribution is 0.601. The van der Waals surface area contributed by atoms with Gasteiger partial charge in [0.1, 0.15) is 0 Å². The average molecular weight is 203 g/mol. The van der Waals surface area contributed by atoms with Gasteiger partial charge in [0, 0.05) is 11.1 Å². The lowest BCUT2D eigenvalue weighted by Crippen LogP contribution is -1.99. The van der Waals surface area contributed by atoms with Crippen LogP contribution in [-0.4, -0.2) is 4.98 Å². The molecule has 0 saturated carbocycles. The second-order valence-electron chi connectivity index (χ2n) is 4.58. The Kier molecular flexibility index (Phi) is 2.51. The highest BCUT2D eigenvalue weighted by atomic mass is 16.3. The SMILES string of the molecule is CC(C)c1cc2ccoc2c(C(C)C)n1. The highest BCUT2D eigenvalue weighted by Gasteiger charge is 2.13. The number of furan rings is 1. The molecule has 0 aliphatic carbocycles. The van der Waals surface area contributed by atoms with Crippen LogP contribution in [0.4, 0.5) is 0 Å². The van der Waals surface area contributed by atoms with Crippen molar-refractivity contribution < 1.29 is 4.42 Å². The second-order valence-corrected chi connectivity index (χ2v) is 4.58. The normalized spacial score (nSPS) is 11.9. The molecule has 0 N–H and O–H groups in total. The Morgan fingerprint density at radius 3 is 2.47 bits per heavy atom. The molecule has 0 amide bonds. The molecular weight excluding hydrogens is 186 g/mol. The number of aromatic nitrogens is 1. The fourth-order valence-electron chi connectivity index (χ4n) is 1.71. The van der Waals surface area contributed by atoms with Gasteiger partial charge in [0.2, 0.25) is 0 Å². The third kappa shape index (κ3) is 1.76. The van der Waals surface area contributed by atoms with Crippen molar-refractivity contribution in [2.75, 3.05) is 0 Å². The maximum absolute atomic E-state index is 5.48. The standard InChI is InChI=1S/C13H17NO/c1-8(2)11-7-10-5-6-15-13(10)12(14-11)9(3)4/h5-9H,1-4H3. The van der Waals surface area contributed by atoms with Gasteiger partial charge in [-0.2, -0.15) is 0 Å². The predicted octanol–water partition coefficient (Wildman–Crippen LogP) is 4.07. The molecule has 2 nitrogen and oxygen atoms in total. The Hall–Kier alpha value is -1.31. The highest BCUT2D eigenvalue weighted by Crippen LogP contribution is 2.27. The van der Waals surface area contributed by atoms with E-state index in [0.717, 1.165) is 22.4 Å². The van der Waals surface area contributed by atoms with E-state index in [2.05, 4.69) is 38.7 Å². The van der Waals surface area contributed by atoms with Crippen molar-refractivity contribution in [2.24, 2.45) is 0 Å². The summed E-state index contributed by atoms with van der Waals surface area (Å²) in [6.07, 6.45) is 1.74. The predicted molar refractivity (Wildman–Crippen MR) is 62.2 cm³/mol. The van der Waals surface area contributed by atoms with Crippen molar-refractivity contribution >= 4 is 11.0 Å². The van der Waals surface area contributed by atoms with E-state index in [0.29, 0.717) is 11.8 Å². The smallest absolute Gasteiger partial charge is 0.155 e. The first-order valence-corrected chi connectivity index (χ1v) is 5.47. The maximum atomic E-state index is 5.48. The van der Waals surface area contributed by atoms with Gasteiger partial charge in [0.15, 0.2) is 5.58 Å². The molecule has 0 fully saturated rings. The van der Waals surface area contributed by atoms with E-state index in [1.807, 2.05) is 6.07 Å². The van der Waals surface area contributed by atoms with E-state index in [4.69, 9.17) is 4.42 Å². The molecule has 2 aromatic rings. The number of fused-ring (bicyclic) bond motifs is 1. The van der Waals surface area contributed by atoms with Crippen LogP contribution >= 0.6 is 0 Å². The third-order valence-electron chi connectivity index (χ3n) is 2.62. The van der Waals surface area contributed by atoms with Crippen molar-refractivity contribution in [1.82, 2.24) is 4.98 Å². The lowest BCUT2D eigenvalue weighted by Gasteiger charge is -2.10. The molecule has 0 radical (unpaired) electrons. The Morgan fingerprint density at radius 1 is 1.13 bits per heavy atom. The fraction of sp³-hybridized carbons (Fsp3) is 0.462. The molecule has 0 unspecified atom stereocenters. The van der Waals surface area contributed by atoms with Crippen LogP contribution in [0.5, 0.6) is 0 Å². The van der Waals surface area contributed by atoms with Gasteiger partial charge in [-0.3, -0.25) is 4.98 Å². The summed E-state index contributed by atoms with van der Waals surface area (Å²) in [5.41, 5.74) is 3.16. The van der Waals surface area contributed by atoms with Crippen LogP contribution in [0.2, 0.25) is 0 Å². The summed E-state index contributed by atoms with van der Waals surface area (Å²) >= 11 is 0. The quantitative estimate of drug-likeness (QED) is 0.735. The number of hydrogen-bond acceptors (Lipinski definition) is 2. The molecule has 2 heteroatoms. The van der Waals surface area contributed by atoms with Gasteiger partial charge < -0.3 is 4.42 Å². The second kappa shape index (κ2) is 3.69. The van der Waals surface area contributed by atoms with E-state index in [1.165, 1.54) is 0 Å². The van der Waals surface area contributed by atoms with Crippen molar-refractivity contribution in [3.05, 3.63) is 29.8 Å². The Balaban J connectivity index is 2.69.